The number of fused-ring (bicyclic) bond motifs is 1. The molecule has 6 heteroatoms. The number of rotatable bonds is 1. The summed E-state index contributed by atoms with van der Waals surface area (Å²) < 4.78 is 0.292. The molecule has 2 heterocycles. The highest BCUT2D eigenvalue weighted by Crippen LogP contribution is 2.39. The van der Waals surface area contributed by atoms with Crippen LogP contribution in [0.4, 0.5) is 11.5 Å². The number of nitro groups is 1. The summed E-state index contributed by atoms with van der Waals surface area (Å²) in [5.74, 6) is 0.856. The number of hydrogen-bond donors (Lipinski definition) is 0. The molecule has 1 atom stereocenters. The maximum Gasteiger partial charge on any atom is 0.288 e. The molecule has 1 aliphatic rings. The van der Waals surface area contributed by atoms with Crippen molar-refractivity contribution < 1.29 is 4.92 Å². The van der Waals surface area contributed by atoms with Crippen molar-refractivity contribution in [3.05, 3.63) is 27.9 Å². The number of likely N-dealkylation sites (N-methyl/N-ethyl adjacent to an activating group) is 1. The summed E-state index contributed by atoms with van der Waals surface area (Å²) in [6, 6.07) is 1.61. The Morgan fingerprint density at radius 2 is 2.50 bits per heavy atom. The summed E-state index contributed by atoms with van der Waals surface area (Å²) in [5.41, 5.74) is 1.03. The van der Waals surface area contributed by atoms with Gasteiger partial charge in [-0.2, -0.15) is 0 Å². The largest absolute Gasteiger partial charge is 0.358 e. The number of aromatic nitrogens is 1. The van der Waals surface area contributed by atoms with Crippen molar-refractivity contribution in [1.29, 1.82) is 0 Å². The Morgan fingerprint density at radius 1 is 1.79 bits per heavy atom. The van der Waals surface area contributed by atoms with Crippen molar-refractivity contribution >= 4 is 34.1 Å². The summed E-state index contributed by atoms with van der Waals surface area (Å²) in [6.07, 6.45) is 1.31. The average molecular weight is 305 g/mol. The van der Waals surface area contributed by atoms with Crippen LogP contribution in [-0.4, -0.2) is 23.5 Å². The second kappa shape index (κ2) is 3.34. The zero-order valence-electron chi connectivity index (χ0n) is 7.48. The van der Waals surface area contributed by atoms with Gasteiger partial charge < -0.3 is 4.90 Å². The van der Waals surface area contributed by atoms with Crippen molar-refractivity contribution in [1.82, 2.24) is 4.98 Å². The van der Waals surface area contributed by atoms with Gasteiger partial charge in [-0.15, -0.1) is 0 Å². The Hall–Kier alpha value is -0.920. The fourth-order valence-electron chi connectivity index (χ4n) is 1.54. The maximum atomic E-state index is 10.5. The zero-order valence-corrected chi connectivity index (χ0v) is 9.63. The minimum atomic E-state index is -0.408. The molecule has 1 aromatic heterocycles. The van der Waals surface area contributed by atoms with E-state index < -0.39 is 4.92 Å². The molecule has 0 fully saturated rings. The third kappa shape index (κ3) is 1.43. The highest BCUT2D eigenvalue weighted by Gasteiger charge is 2.27. The van der Waals surface area contributed by atoms with E-state index in [1.807, 2.05) is 11.9 Å². The summed E-state index contributed by atoms with van der Waals surface area (Å²) in [6.45, 7) is 0.865. The van der Waals surface area contributed by atoms with E-state index in [9.17, 15) is 10.1 Å². The zero-order chi connectivity index (χ0) is 10.3. The molecule has 2 rings (SSSR count). The third-order valence-corrected chi connectivity index (χ3v) is 3.29. The smallest absolute Gasteiger partial charge is 0.288 e. The maximum absolute atomic E-state index is 10.5. The number of anilines is 1. The van der Waals surface area contributed by atoms with E-state index in [1.54, 1.807) is 6.07 Å². The molecule has 0 N–H and O–H groups in total. The summed E-state index contributed by atoms with van der Waals surface area (Å²) in [5, 5.41) is 10.5. The van der Waals surface area contributed by atoms with E-state index in [4.69, 9.17) is 0 Å². The third-order valence-electron chi connectivity index (χ3n) is 2.22. The first kappa shape index (κ1) is 9.63. The molecule has 0 amide bonds. The first-order valence-electron chi connectivity index (χ1n) is 4.09. The molecule has 0 aromatic carbocycles. The van der Waals surface area contributed by atoms with Gasteiger partial charge in [-0.1, -0.05) is 22.6 Å². The van der Waals surface area contributed by atoms with E-state index in [1.165, 1.54) is 6.20 Å². The van der Waals surface area contributed by atoms with Crippen LogP contribution in [0, 0.1) is 10.1 Å². The molecule has 1 aliphatic heterocycles. The van der Waals surface area contributed by atoms with Crippen LogP contribution in [0.15, 0.2) is 12.3 Å². The standard InChI is InChI=1S/C8H8IN3O2/c1-11-4-7(9)6-2-5(12(13)14)3-10-8(6)11/h2-3,7H,4H2,1H3. The molecule has 5 nitrogen and oxygen atoms in total. The fraction of sp³-hybridized carbons (Fsp3) is 0.375. The monoisotopic (exact) mass is 305 g/mol. The van der Waals surface area contributed by atoms with E-state index in [0.717, 1.165) is 17.9 Å². The predicted octanol–water partition coefficient (Wildman–Crippen LogP) is 1.92. The van der Waals surface area contributed by atoms with Crippen molar-refractivity contribution in [2.24, 2.45) is 0 Å². The molecular formula is C8H8IN3O2. The Kier molecular flexibility index (Phi) is 2.30. The fourth-order valence-corrected chi connectivity index (χ4v) is 2.59. The molecule has 14 heavy (non-hydrogen) atoms. The minimum Gasteiger partial charge on any atom is -0.358 e. The van der Waals surface area contributed by atoms with Gasteiger partial charge in [0, 0.05) is 25.2 Å². The number of pyridine rings is 1. The number of halogens is 1. The lowest BCUT2D eigenvalue weighted by Gasteiger charge is -2.08. The molecule has 0 spiro atoms. The first-order chi connectivity index (χ1) is 6.59. The van der Waals surface area contributed by atoms with Gasteiger partial charge in [0.05, 0.1) is 8.85 Å². The molecule has 0 bridgehead atoms. The minimum absolute atomic E-state index is 0.0701. The second-order valence-electron chi connectivity index (χ2n) is 3.21. The topological polar surface area (TPSA) is 59.3 Å². The molecule has 0 saturated carbocycles. The lowest BCUT2D eigenvalue weighted by Crippen LogP contribution is -2.14. The average Bonchev–Trinajstić information content (AvgIpc) is 2.42. The molecule has 0 radical (unpaired) electrons. The molecule has 0 saturated heterocycles. The van der Waals surface area contributed by atoms with Crippen LogP contribution >= 0.6 is 22.6 Å². The molecular weight excluding hydrogens is 297 g/mol. The highest BCUT2D eigenvalue weighted by atomic mass is 127. The van der Waals surface area contributed by atoms with E-state index in [0.29, 0.717) is 3.92 Å². The van der Waals surface area contributed by atoms with E-state index in [2.05, 4.69) is 27.6 Å². The van der Waals surface area contributed by atoms with Crippen LogP contribution in [-0.2, 0) is 0 Å². The Bertz CT molecular complexity index is 396. The SMILES string of the molecule is CN1CC(I)c2cc([N+](=O)[O-])cnc21. The summed E-state index contributed by atoms with van der Waals surface area (Å²) in [4.78, 5) is 16.2. The van der Waals surface area contributed by atoms with E-state index >= 15 is 0 Å². The van der Waals surface area contributed by atoms with Gasteiger partial charge in [-0.25, -0.2) is 4.98 Å². The molecule has 1 unspecified atom stereocenters. The predicted molar refractivity (Wildman–Crippen MR) is 60.9 cm³/mol. The Labute approximate surface area is 94.4 Å². The lowest BCUT2D eigenvalue weighted by molar-refractivity contribution is -0.385. The first-order valence-corrected chi connectivity index (χ1v) is 5.33. The molecule has 0 aliphatic carbocycles. The van der Waals surface area contributed by atoms with Gasteiger partial charge in [0.15, 0.2) is 0 Å². The van der Waals surface area contributed by atoms with Crippen molar-refractivity contribution in [2.75, 3.05) is 18.5 Å². The van der Waals surface area contributed by atoms with Gasteiger partial charge in [0.2, 0.25) is 0 Å². The van der Waals surface area contributed by atoms with Crippen LogP contribution in [0.1, 0.15) is 9.49 Å². The van der Waals surface area contributed by atoms with Crippen molar-refractivity contribution in [3.8, 4) is 0 Å². The van der Waals surface area contributed by atoms with Gasteiger partial charge in [0.1, 0.15) is 12.0 Å². The summed E-state index contributed by atoms with van der Waals surface area (Å²) >= 11 is 2.27. The van der Waals surface area contributed by atoms with Crippen LogP contribution in [0.25, 0.3) is 0 Å². The number of nitrogens with zero attached hydrogens (tertiary/aromatic N) is 3. The van der Waals surface area contributed by atoms with Crippen LogP contribution in [0.5, 0.6) is 0 Å². The second-order valence-corrected chi connectivity index (χ2v) is 4.72. The van der Waals surface area contributed by atoms with Crippen LogP contribution in [0.3, 0.4) is 0 Å². The van der Waals surface area contributed by atoms with Crippen molar-refractivity contribution in [2.45, 2.75) is 3.92 Å². The normalized spacial score (nSPS) is 19.6. The van der Waals surface area contributed by atoms with Gasteiger partial charge in [-0.05, 0) is 0 Å². The number of alkyl halides is 1. The number of hydrogen-bond acceptors (Lipinski definition) is 4. The van der Waals surface area contributed by atoms with Crippen molar-refractivity contribution in [3.63, 3.8) is 0 Å². The van der Waals surface area contributed by atoms with Crippen LogP contribution in [0.2, 0.25) is 0 Å². The summed E-state index contributed by atoms with van der Waals surface area (Å²) in [7, 11) is 1.94. The molecule has 1 aromatic rings. The van der Waals surface area contributed by atoms with Gasteiger partial charge >= 0.3 is 0 Å². The highest BCUT2D eigenvalue weighted by molar-refractivity contribution is 14.1. The Morgan fingerprint density at radius 3 is 3.14 bits per heavy atom. The lowest BCUT2D eigenvalue weighted by atomic mass is 10.2. The van der Waals surface area contributed by atoms with Gasteiger partial charge in [0.25, 0.3) is 5.69 Å². The quantitative estimate of drug-likeness (QED) is 0.344. The Balaban J connectivity index is 2.50. The van der Waals surface area contributed by atoms with Gasteiger partial charge in [-0.3, -0.25) is 10.1 Å². The van der Waals surface area contributed by atoms with E-state index in [-0.39, 0.29) is 5.69 Å². The van der Waals surface area contributed by atoms with Crippen LogP contribution < -0.4 is 4.90 Å². The molecule has 74 valence electrons.